The van der Waals surface area contributed by atoms with Gasteiger partial charge in [0.05, 0.1) is 28.3 Å². The predicted octanol–water partition coefficient (Wildman–Crippen LogP) is 5.48. The Kier molecular flexibility index (Phi) is 7.47. The SMILES string of the molecule is CCCOc1ccc(Br)cc1/C=N\NC(=O)[C@H](C)Sc1nc2ccccc2s1. The number of hydrogen-bond acceptors (Lipinski definition) is 6. The number of hydrazone groups is 1. The summed E-state index contributed by atoms with van der Waals surface area (Å²) < 4.78 is 8.62. The molecule has 0 bridgehead atoms. The Hall–Kier alpha value is -1.90. The van der Waals surface area contributed by atoms with E-state index in [9.17, 15) is 4.79 Å². The summed E-state index contributed by atoms with van der Waals surface area (Å²) in [5, 5.41) is 3.79. The monoisotopic (exact) mass is 477 g/mol. The Morgan fingerprint density at radius 2 is 2.21 bits per heavy atom. The van der Waals surface area contributed by atoms with Crippen molar-refractivity contribution in [3.8, 4) is 5.75 Å². The van der Waals surface area contributed by atoms with Crippen molar-refractivity contribution in [3.05, 3.63) is 52.5 Å². The van der Waals surface area contributed by atoms with Crippen LogP contribution in [0.25, 0.3) is 10.2 Å². The van der Waals surface area contributed by atoms with E-state index < -0.39 is 0 Å². The molecule has 0 aliphatic rings. The minimum absolute atomic E-state index is 0.175. The molecule has 146 valence electrons. The molecule has 1 aromatic heterocycles. The number of hydrogen-bond donors (Lipinski definition) is 1. The average molecular weight is 478 g/mol. The predicted molar refractivity (Wildman–Crippen MR) is 121 cm³/mol. The zero-order valence-corrected chi connectivity index (χ0v) is 18.7. The van der Waals surface area contributed by atoms with Gasteiger partial charge in [0.2, 0.25) is 0 Å². The van der Waals surface area contributed by atoms with Gasteiger partial charge in [0.1, 0.15) is 5.75 Å². The highest BCUT2D eigenvalue weighted by Crippen LogP contribution is 2.31. The van der Waals surface area contributed by atoms with Gasteiger partial charge < -0.3 is 4.74 Å². The van der Waals surface area contributed by atoms with Crippen LogP contribution in [0, 0.1) is 0 Å². The summed E-state index contributed by atoms with van der Waals surface area (Å²) in [6, 6.07) is 13.7. The van der Waals surface area contributed by atoms with Crippen LogP contribution in [0.4, 0.5) is 0 Å². The number of carbonyl (C=O) groups excluding carboxylic acids is 1. The number of fused-ring (bicyclic) bond motifs is 1. The summed E-state index contributed by atoms with van der Waals surface area (Å²) in [7, 11) is 0. The van der Waals surface area contributed by atoms with E-state index in [2.05, 4.69) is 38.4 Å². The fourth-order valence-electron chi connectivity index (χ4n) is 2.33. The second kappa shape index (κ2) is 10.0. The number of carbonyl (C=O) groups is 1. The minimum Gasteiger partial charge on any atom is -0.493 e. The molecule has 0 unspecified atom stereocenters. The third kappa shape index (κ3) is 5.56. The second-order valence-corrected chi connectivity index (χ2v) is 9.51. The molecule has 1 heterocycles. The van der Waals surface area contributed by atoms with Crippen molar-refractivity contribution < 1.29 is 9.53 Å². The van der Waals surface area contributed by atoms with Gasteiger partial charge in [0.25, 0.3) is 5.91 Å². The normalized spacial score (nSPS) is 12.4. The molecule has 0 aliphatic carbocycles. The van der Waals surface area contributed by atoms with E-state index in [4.69, 9.17) is 4.74 Å². The summed E-state index contributed by atoms with van der Waals surface area (Å²) in [5.41, 5.74) is 4.36. The lowest BCUT2D eigenvalue weighted by molar-refractivity contribution is -0.120. The molecule has 3 rings (SSSR count). The van der Waals surface area contributed by atoms with Crippen LogP contribution >= 0.6 is 39.0 Å². The third-order valence-electron chi connectivity index (χ3n) is 3.73. The van der Waals surface area contributed by atoms with Crippen molar-refractivity contribution in [2.45, 2.75) is 29.9 Å². The first-order chi connectivity index (χ1) is 13.6. The summed E-state index contributed by atoms with van der Waals surface area (Å²) >= 11 is 6.46. The summed E-state index contributed by atoms with van der Waals surface area (Å²) in [5.74, 6) is 0.562. The van der Waals surface area contributed by atoms with Crippen molar-refractivity contribution in [3.63, 3.8) is 0 Å². The first-order valence-corrected chi connectivity index (χ1v) is 11.3. The van der Waals surface area contributed by atoms with Crippen molar-refractivity contribution in [2.24, 2.45) is 5.10 Å². The van der Waals surface area contributed by atoms with Crippen LogP contribution in [0.3, 0.4) is 0 Å². The van der Waals surface area contributed by atoms with E-state index in [1.807, 2.05) is 49.4 Å². The molecule has 0 radical (unpaired) electrons. The highest BCUT2D eigenvalue weighted by molar-refractivity contribution is 9.10. The lowest BCUT2D eigenvalue weighted by Gasteiger charge is -2.09. The van der Waals surface area contributed by atoms with E-state index in [-0.39, 0.29) is 11.2 Å². The van der Waals surface area contributed by atoms with Gasteiger partial charge in [-0.05, 0) is 43.7 Å². The number of rotatable bonds is 8. The number of nitrogens with one attached hydrogen (secondary N) is 1. The van der Waals surface area contributed by atoms with Gasteiger partial charge >= 0.3 is 0 Å². The van der Waals surface area contributed by atoms with Crippen LogP contribution in [0.1, 0.15) is 25.8 Å². The first-order valence-electron chi connectivity index (χ1n) is 8.84. The Labute approximate surface area is 180 Å². The van der Waals surface area contributed by atoms with Crippen molar-refractivity contribution >= 4 is 61.4 Å². The lowest BCUT2D eigenvalue weighted by Crippen LogP contribution is -2.26. The maximum absolute atomic E-state index is 12.4. The van der Waals surface area contributed by atoms with Gasteiger partial charge in [0, 0.05) is 10.0 Å². The van der Waals surface area contributed by atoms with Crippen LogP contribution in [0.5, 0.6) is 5.75 Å². The van der Waals surface area contributed by atoms with E-state index in [0.29, 0.717) is 6.61 Å². The topological polar surface area (TPSA) is 63.6 Å². The maximum atomic E-state index is 12.4. The average Bonchev–Trinajstić information content (AvgIpc) is 3.09. The molecule has 1 atom stereocenters. The third-order valence-corrected chi connectivity index (χ3v) is 6.46. The first kappa shape index (κ1) is 20.8. The molecule has 1 N–H and O–H groups in total. The molecule has 5 nitrogen and oxygen atoms in total. The molecule has 3 aromatic rings. The minimum atomic E-state index is -0.309. The molecule has 1 amide bonds. The summed E-state index contributed by atoms with van der Waals surface area (Å²) in [4.78, 5) is 16.9. The molecular weight excluding hydrogens is 458 g/mol. The molecule has 28 heavy (non-hydrogen) atoms. The van der Waals surface area contributed by atoms with Crippen molar-refractivity contribution in [1.29, 1.82) is 0 Å². The van der Waals surface area contributed by atoms with Gasteiger partial charge in [-0.3, -0.25) is 4.79 Å². The molecule has 0 saturated carbocycles. The van der Waals surface area contributed by atoms with Crippen LogP contribution in [0.2, 0.25) is 0 Å². The largest absolute Gasteiger partial charge is 0.493 e. The number of thioether (sulfide) groups is 1. The Bertz CT molecular complexity index is 957. The zero-order chi connectivity index (χ0) is 19.9. The number of halogens is 1. The molecule has 2 aromatic carbocycles. The van der Waals surface area contributed by atoms with Gasteiger partial charge in [-0.15, -0.1) is 11.3 Å². The van der Waals surface area contributed by atoms with Gasteiger partial charge in [-0.2, -0.15) is 5.10 Å². The molecular formula is C20H20BrN3O2S2. The number of ether oxygens (including phenoxy) is 1. The Morgan fingerprint density at radius 3 is 3.00 bits per heavy atom. The number of amides is 1. The fraction of sp³-hybridized carbons (Fsp3) is 0.250. The summed E-state index contributed by atoms with van der Waals surface area (Å²) in [6.07, 6.45) is 2.52. The van der Waals surface area contributed by atoms with E-state index in [1.165, 1.54) is 11.8 Å². The van der Waals surface area contributed by atoms with E-state index in [1.54, 1.807) is 17.6 Å². The second-order valence-electron chi connectivity index (χ2n) is 5.97. The van der Waals surface area contributed by atoms with Crippen LogP contribution < -0.4 is 10.2 Å². The van der Waals surface area contributed by atoms with E-state index >= 15 is 0 Å². The van der Waals surface area contributed by atoms with Gasteiger partial charge in [-0.25, -0.2) is 10.4 Å². The maximum Gasteiger partial charge on any atom is 0.253 e. The molecule has 0 fully saturated rings. The smallest absolute Gasteiger partial charge is 0.253 e. The van der Waals surface area contributed by atoms with Crippen molar-refractivity contribution in [2.75, 3.05) is 6.61 Å². The van der Waals surface area contributed by atoms with E-state index in [0.717, 1.165) is 36.8 Å². The van der Waals surface area contributed by atoms with Crippen LogP contribution in [-0.4, -0.2) is 29.0 Å². The fourth-order valence-corrected chi connectivity index (χ4v) is 4.91. The standard InChI is InChI=1S/C20H20BrN3O2S2/c1-3-10-26-17-9-8-15(21)11-14(17)12-22-24-19(25)13(2)27-20-23-16-6-4-5-7-18(16)28-20/h4-9,11-13H,3,10H2,1-2H3,(H,24,25)/b22-12-/t13-/m0/s1. The highest BCUT2D eigenvalue weighted by atomic mass is 79.9. The Balaban J connectivity index is 1.60. The number of nitrogens with zero attached hydrogens (tertiary/aromatic N) is 2. The highest BCUT2D eigenvalue weighted by Gasteiger charge is 2.16. The molecule has 8 heteroatoms. The van der Waals surface area contributed by atoms with Crippen LogP contribution in [0.15, 0.2) is 56.4 Å². The molecule has 0 aliphatic heterocycles. The molecule has 0 spiro atoms. The molecule has 0 saturated heterocycles. The quantitative estimate of drug-likeness (QED) is 0.265. The van der Waals surface area contributed by atoms with Crippen molar-refractivity contribution in [1.82, 2.24) is 10.4 Å². The van der Waals surface area contributed by atoms with Crippen LogP contribution in [-0.2, 0) is 4.79 Å². The number of benzene rings is 2. The summed E-state index contributed by atoms with van der Waals surface area (Å²) in [6.45, 7) is 4.53. The zero-order valence-electron chi connectivity index (χ0n) is 15.5. The number of para-hydroxylation sites is 1. The van der Waals surface area contributed by atoms with Gasteiger partial charge in [-0.1, -0.05) is 46.7 Å². The number of aromatic nitrogens is 1. The Morgan fingerprint density at radius 1 is 1.39 bits per heavy atom. The van der Waals surface area contributed by atoms with Gasteiger partial charge in [0.15, 0.2) is 4.34 Å². The number of thiazole rings is 1. The lowest BCUT2D eigenvalue weighted by atomic mass is 10.2.